The van der Waals surface area contributed by atoms with E-state index in [4.69, 9.17) is 5.73 Å². The fourth-order valence-electron chi connectivity index (χ4n) is 3.22. The lowest BCUT2D eigenvalue weighted by Crippen LogP contribution is -2.24. The van der Waals surface area contributed by atoms with Crippen molar-refractivity contribution in [3.8, 4) is 11.1 Å². The van der Waals surface area contributed by atoms with E-state index in [1.54, 1.807) is 17.6 Å². The van der Waals surface area contributed by atoms with E-state index in [2.05, 4.69) is 21.2 Å². The number of nitrogens with two attached hydrogens (primary N) is 1. The van der Waals surface area contributed by atoms with Gasteiger partial charge in [-0.1, -0.05) is 0 Å². The van der Waals surface area contributed by atoms with Crippen LogP contribution in [0.15, 0.2) is 11.2 Å². The number of urea groups is 1. The minimum Gasteiger partial charge on any atom is -0.350 e. The van der Waals surface area contributed by atoms with Gasteiger partial charge in [0.25, 0.3) is 0 Å². The summed E-state index contributed by atoms with van der Waals surface area (Å²) in [6.45, 7) is 3.99. The fourth-order valence-corrected chi connectivity index (χ4v) is 4.67. The molecule has 0 radical (unpaired) electrons. The van der Waals surface area contributed by atoms with Crippen LogP contribution in [0.25, 0.3) is 5.00 Å². The van der Waals surface area contributed by atoms with Crippen molar-refractivity contribution in [3.63, 3.8) is 0 Å². The number of hydrazone groups is 1. The van der Waals surface area contributed by atoms with Crippen LogP contribution in [0.5, 0.6) is 0 Å². The number of primary amides is 1. The molecule has 0 unspecified atom stereocenters. The van der Waals surface area contributed by atoms with Crippen molar-refractivity contribution in [2.75, 3.05) is 0 Å². The molecular weight excluding hydrogens is 322 g/mol. The number of fused-ring (bicyclic) bond motifs is 1. The third kappa shape index (κ3) is 2.81. The zero-order valence-corrected chi connectivity index (χ0v) is 14.5. The SMILES string of the molecule is Cc1cc(/C=N\NC(N)=O)c(C)n1-c1sc2c(c1C#N)CCCC2. The number of carbonyl (C=O) groups excluding carboxylic acids is 1. The van der Waals surface area contributed by atoms with Crippen molar-refractivity contribution in [1.29, 1.82) is 5.26 Å². The van der Waals surface area contributed by atoms with Crippen molar-refractivity contribution in [2.45, 2.75) is 39.5 Å². The van der Waals surface area contributed by atoms with Gasteiger partial charge in [-0.25, -0.2) is 10.2 Å². The number of nitrogens with zero attached hydrogens (tertiary/aromatic N) is 3. The van der Waals surface area contributed by atoms with Crippen LogP contribution in [-0.4, -0.2) is 16.8 Å². The first-order valence-electron chi connectivity index (χ1n) is 7.85. The van der Waals surface area contributed by atoms with Gasteiger partial charge in [-0.05, 0) is 51.2 Å². The molecular formula is C17H19N5OS. The number of nitriles is 1. The highest BCUT2D eigenvalue weighted by molar-refractivity contribution is 7.15. The molecule has 124 valence electrons. The Morgan fingerprint density at radius 2 is 2.21 bits per heavy atom. The van der Waals surface area contributed by atoms with E-state index in [-0.39, 0.29) is 0 Å². The van der Waals surface area contributed by atoms with E-state index < -0.39 is 6.03 Å². The molecule has 3 rings (SSSR count). The lowest BCUT2D eigenvalue weighted by molar-refractivity contribution is 0.249. The van der Waals surface area contributed by atoms with Crippen LogP contribution in [0.2, 0.25) is 0 Å². The largest absolute Gasteiger partial charge is 0.350 e. The number of hydrogen-bond donors (Lipinski definition) is 2. The van der Waals surface area contributed by atoms with Gasteiger partial charge in [-0.2, -0.15) is 10.4 Å². The number of rotatable bonds is 3. The summed E-state index contributed by atoms with van der Waals surface area (Å²) in [6, 6.07) is 3.70. The fraction of sp³-hybridized carbons (Fsp3) is 0.353. The van der Waals surface area contributed by atoms with Crippen molar-refractivity contribution >= 4 is 23.6 Å². The summed E-state index contributed by atoms with van der Waals surface area (Å²) in [5.41, 5.74) is 12.1. The van der Waals surface area contributed by atoms with E-state index in [0.717, 1.165) is 46.8 Å². The molecule has 0 saturated carbocycles. The van der Waals surface area contributed by atoms with E-state index in [1.165, 1.54) is 16.9 Å². The van der Waals surface area contributed by atoms with Gasteiger partial charge in [-0.3, -0.25) is 0 Å². The second kappa shape index (κ2) is 6.49. The minimum atomic E-state index is -0.697. The molecule has 7 heteroatoms. The van der Waals surface area contributed by atoms with Crippen LogP contribution in [0, 0.1) is 25.2 Å². The lowest BCUT2D eigenvalue weighted by Gasteiger charge is -2.10. The number of aromatic nitrogens is 1. The Kier molecular flexibility index (Phi) is 4.40. The first-order chi connectivity index (χ1) is 11.5. The summed E-state index contributed by atoms with van der Waals surface area (Å²) >= 11 is 1.72. The quantitative estimate of drug-likeness (QED) is 0.663. The molecule has 2 aromatic heterocycles. The predicted molar refractivity (Wildman–Crippen MR) is 94.8 cm³/mol. The molecule has 24 heavy (non-hydrogen) atoms. The standard InChI is InChI=1S/C17H19N5OS/c1-10-7-12(9-20-21-17(19)23)11(2)22(10)16-14(8-18)13-5-3-4-6-15(13)24-16/h7,9H,3-6H2,1-2H3,(H3,19,21,23)/b20-9-. The molecule has 0 aliphatic heterocycles. The van der Waals surface area contributed by atoms with Gasteiger partial charge in [0.2, 0.25) is 0 Å². The van der Waals surface area contributed by atoms with Gasteiger partial charge in [0.15, 0.2) is 0 Å². The summed E-state index contributed by atoms with van der Waals surface area (Å²) in [6.07, 6.45) is 5.97. The highest BCUT2D eigenvalue weighted by Crippen LogP contribution is 2.38. The van der Waals surface area contributed by atoms with Crippen molar-refractivity contribution < 1.29 is 4.79 Å². The van der Waals surface area contributed by atoms with Gasteiger partial charge >= 0.3 is 6.03 Å². The van der Waals surface area contributed by atoms with Gasteiger partial charge in [0.05, 0.1) is 11.8 Å². The summed E-state index contributed by atoms with van der Waals surface area (Å²) in [4.78, 5) is 12.1. The number of nitrogens with one attached hydrogen (secondary N) is 1. The molecule has 6 nitrogen and oxygen atoms in total. The maximum absolute atomic E-state index is 10.7. The predicted octanol–water partition coefficient (Wildman–Crippen LogP) is 2.91. The maximum Gasteiger partial charge on any atom is 0.332 e. The first-order valence-corrected chi connectivity index (χ1v) is 8.67. The van der Waals surface area contributed by atoms with E-state index in [9.17, 15) is 10.1 Å². The van der Waals surface area contributed by atoms with Crippen LogP contribution < -0.4 is 11.2 Å². The number of carbonyl (C=O) groups is 1. The van der Waals surface area contributed by atoms with E-state index >= 15 is 0 Å². The average molecular weight is 341 g/mol. The number of amides is 2. The second-order valence-corrected chi connectivity index (χ2v) is 6.98. The Hall–Kier alpha value is -2.59. The minimum absolute atomic E-state index is 0.697. The summed E-state index contributed by atoms with van der Waals surface area (Å²) in [7, 11) is 0. The van der Waals surface area contributed by atoms with Crippen LogP contribution in [-0.2, 0) is 12.8 Å². The van der Waals surface area contributed by atoms with Crippen LogP contribution >= 0.6 is 11.3 Å². The zero-order valence-electron chi connectivity index (χ0n) is 13.7. The molecule has 0 aromatic carbocycles. The van der Waals surface area contributed by atoms with Crippen LogP contribution in [0.4, 0.5) is 4.79 Å². The molecule has 2 heterocycles. The molecule has 0 fully saturated rings. The topological polar surface area (TPSA) is 96.2 Å². The van der Waals surface area contributed by atoms with E-state index in [0.29, 0.717) is 0 Å². The monoisotopic (exact) mass is 341 g/mol. The second-order valence-electron chi connectivity index (χ2n) is 5.90. The third-order valence-electron chi connectivity index (χ3n) is 4.32. The summed E-state index contributed by atoms with van der Waals surface area (Å²) in [5, 5.41) is 14.5. The molecule has 0 saturated heterocycles. The number of aryl methyl sites for hydroxylation is 2. The Morgan fingerprint density at radius 1 is 1.46 bits per heavy atom. The van der Waals surface area contributed by atoms with Gasteiger partial charge in [0, 0.05) is 21.8 Å². The summed E-state index contributed by atoms with van der Waals surface area (Å²) in [5.74, 6) is 0. The highest BCUT2D eigenvalue weighted by Gasteiger charge is 2.23. The molecule has 1 aliphatic carbocycles. The Bertz CT molecular complexity index is 869. The number of thiophene rings is 1. The molecule has 2 aromatic rings. The zero-order chi connectivity index (χ0) is 17.3. The van der Waals surface area contributed by atoms with Gasteiger partial charge in [0.1, 0.15) is 11.1 Å². The van der Waals surface area contributed by atoms with Crippen LogP contribution in [0.1, 0.15) is 45.8 Å². The van der Waals surface area contributed by atoms with Crippen molar-refractivity contribution in [3.05, 3.63) is 39.0 Å². The van der Waals surface area contributed by atoms with Gasteiger partial charge < -0.3 is 10.3 Å². The molecule has 3 N–H and O–H groups in total. The average Bonchev–Trinajstić information content (AvgIpc) is 3.04. The molecule has 1 aliphatic rings. The van der Waals surface area contributed by atoms with E-state index in [1.807, 2.05) is 19.9 Å². The number of hydrogen-bond acceptors (Lipinski definition) is 4. The molecule has 0 bridgehead atoms. The Morgan fingerprint density at radius 3 is 2.92 bits per heavy atom. The molecule has 2 amide bonds. The van der Waals surface area contributed by atoms with Crippen molar-refractivity contribution in [2.24, 2.45) is 10.8 Å². The normalized spacial score (nSPS) is 13.7. The smallest absolute Gasteiger partial charge is 0.332 e. The van der Waals surface area contributed by atoms with Crippen molar-refractivity contribution in [1.82, 2.24) is 9.99 Å². The summed E-state index contributed by atoms with van der Waals surface area (Å²) < 4.78 is 2.10. The van der Waals surface area contributed by atoms with Gasteiger partial charge in [-0.15, -0.1) is 11.3 Å². The lowest BCUT2D eigenvalue weighted by atomic mass is 9.96. The molecule has 0 atom stereocenters. The first kappa shape index (κ1) is 16.3. The highest BCUT2D eigenvalue weighted by atomic mass is 32.1. The Labute approximate surface area is 144 Å². The Balaban J connectivity index is 2.06. The van der Waals surface area contributed by atoms with Crippen LogP contribution in [0.3, 0.4) is 0 Å². The molecule has 0 spiro atoms. The maximum atomic E-state index is 10.7. The third-order valence-corrected chi connectivity index (χ3v) is 5.59.